The van der Waals surface area contributed by atoms with Crippen molar-refractivity contribution in [2.45, 2.75) is 32.6 Å². The van der Waals surface area contributed by atoms with E-state index in [0.717, 1.165) is 42.5 Å². The van der Waals surface area contributed by atoms with Gasteiger partial charge >= 0.3 is 5.97 Å². The van der Waals surface area contributed by atoms with Crippen LogP contribution in [0, 0.1) is 0 Å². The number of nitrogens with zero attached hydrogens (tertiary/aromatic N) is 2. The first-order valence-corrected chi connectivity index (χ1v) is 8.62. The van der Waals surface area contributed by atoms with Crippen molar-refractivity contribution in [3.8, 4) is 11.4 Å². The number of esters is 1. The number of benzene rings is 2. The van der Waals surface area contributed by atoms with Crippen LogP contribution in [0.3, 0.4) is 0 Å². The fraction of sp³-hybridized carbons (Fsp3) is 0.238. The number of ether oxygens (including phenoxy) is 1. The first-order chi connectivity index (χ1) is 12.2. The van der Waals surface area contributed by atoms with Gasteiger partial charge in [0, 0.05) is 19.3 Å². The smallest absolute Gasteiger partial charge is 0.308 e. The molecule has 0 radical (unpaired) electrons. The average molecular weight is 332 g/mol. The topological polar surface area (TPSA) is 44.1 Å². The fourth-order valence-electron chi connectivity index (χ4n) is 3.39. The van der Waals surface area contributed by atoms with Crippen molar-refractivity contribution in [2.75, 3.05) is 0 Å². The molecular formula is C21H20N2O2. The van der Waals surface area contributed by atoms with Gasteiger partial charge in [-0.15, -0.1) is 0 Å². The van der Waals surface area contributed by atoms with Gasteiger partial charge in [-0.2, -0.15) is 5.10 Å². The van der Waals surface area contributed by atoms with Crippen molar-refractivity contribution in [2.24, 2.45) is 0 Å². The van der Waals surface area contributed by atoms with Crippen molar-refractivity contribution in [3.63, 3.8) is 0 Å². The highest BCUT2D eigenvalue weighted by molar-refractivity contribution is 5.73. The normalized spacial score (nSPS) is 13.3. The number of carbonyl (C=O) groups excluding carboxylic acids is 1. The molecule has 0 unspecified atom stereocenters. The van der Waals surface area contributed by atoms with Gasteiger partial charge in [0.05, 0.1) is 0 Å². The molecule has 7 rings (SSSR count). The van der Waals surface area contributed by atoms with Crippen molar-refractivity contribution in [1.29, 1.82) is 0 Å². The molecule has 0 spiro atoms. The summed E-state index contributed by atoms with van der Waals surface area (Å²) in [6, 6.07) is 14.9. The highest BCUT2D eigenvalue weighted by Crippen LogP contribution is 2.33. The van der Waals surface area contributed by atoms with Gasteiger partial charge in [0.2, 0.25) is 0 Å². The van der Waals surface area contributed by atoms with Gasteiger partial charge < -0.3 is 4.74 Å². The highest BCUT2D eigenvalue weighted by Gasteiger charge is 2.19. The Labute approximate surface area is 147 Å². The summed E-state index contributed by atoms with van der Waals surface area (Å²) in [5.41, 5.74) is 5.66. The second-order valence-electron chi connectivity index (χ2n) is 6.42. The lowest BCUT2D eigenvalue weighted by molar-refractivity contribution is -0.131. The number of aryl methyl sites for hydroxylation is 4. The van der Waals surface area contributed by atoms with Crippen molar-refractivity contribution in [3.05, 3.63) is 77.1 Å². The van der Waals surface area contributed by atoms with Gasteiger partial charge in [-0.1, -0.05) is 36.4 Å². The van der Waals surface area contributed by atoms with Crippen LogP contribution in [0.15, 0.2) is 54.9 Å². The average Bonchev–Trinajstić information content (AvgIpc) is 3.11. The molecule has 25 heavy (non-hydrogen) atoms. The van der Waals surface area contributed by atoms with Crippen molar-refractivity contribution < 1.29 is 9.53 Å². The van der Waals surface area contributed by atoms with Crippen LogP contribution in [0.5, 0.6) is 5.75 Å². The minimum atomic E-state index is -0.303. The quantitative estimate of drug-likeness (QED) is 0.531. The summed E-state index contributed by atoms with van der Waals surface area (Å²) >= 11 is 0. The van der Waals surface area contributed by atoms with E-state index in [1.807, 2.05) is 16.9 Å². The third-order valence-corrected chi connectivity index (χ3v) is 4.66. The fourth-order valence-corrected chi connectivity index (χ4v) is 3.39. The molecule has 4 aliphatic rings. The summed E-state index contributed by atoms with van der Waals surface area (Å²) in [6.45, 7) is 1.45. The zero-order valence-corrected chi connectivity index (χ0v) is 14.2. The summed E-state index contributed by atoms with van der Waals surface area (Å²) in [5, 5.41) is 4.39. The van der Waals surface area contributed by atoms with Crippen LogP contribution < -0.4 is 4.74 Å². The van der Waals surface area contributed by atoms with Gasteiger partial charge in [0.1, 0.15) is 5.69 Å². The molecule has 2 aromatic carbocycles. The predicted molar refractivity (Wildman–Crippen MR) is 96.1 cm³/mol. The van der Waals surface area contributed by atoms with E-state index in [-0.39, 0.29) is 5.97 Å². The number of rotatable bonds is 2. The van der Waals surface area contributed by atoms with E-state index in [4.69, 9.17) is 4.74 Å². The monoisotopic (exact) mass is 332 g/mol. The minimum absolute atomic E-state index is 0.303. The molecule has 4 heteroatoms. The van der Waals surface area contributed by atoms with Gasteiger partial charge in [0.25, 0.3) is 0 Å². The number of hydrogen-bond acceptors (Lipinski definition) is 3. The lowest BCUT2D eigenvalue weighted by atomic mass is 9.94. The van der Waals surface area contributed by atoms with Crippen molar-refractivity contribution >= 4 is 5.97 Å². The maximum absolute atomic E-state index is 11.7. The van der Waals surface area contributed by atoms with E-state index in [9.17, 15) is 4.79 Å². The number of carbonyl (C=O) groups is 1. The Hall–Kier alpha value is -2.88. The standard InChI is InChI=1S/C21H20N2O2/c1-15(24)25-21-19-10-8-17-5-3-16(4-6-17)7-9-18(11-12-19)20(21)23-14-2-13-22-23/h2-6,11-14H,7-10H2,1H3. The Morgan fingerprint density at radius 1 is 0.960 bits per heavy atom. The number of hydrogen-bond donors (Lipinski definition) is 0. The molecular weight excluding hydrogens is 312 g/mol. The summed E-state index contributed by atoms with van der Waals surface area (Å²) in [4.78, 5) is 11.7. The molecule has 126 valence electrons. The molecule has 4 bridgehead atoms. The van der Waals surface area contributed by atoms with Crippen LogP contribution >= 0.6 is 0 Å². The zero-order valence-electron chi connectivity index (χ0n) is 14.2. The third-order valence-electron chi connectivity index (χ3n) is 4.66. The molecule has 0 atom stereocenters. The first-order valence-electron chi connectivity index (χ1n) is 8.62. The largest absolute Gasteiger partial charge is 0.424 e. The Kier molecular flexibility index (Phi) is 4.10. The van der Waals surface area contributed by atoms with E-state index in [1.165, 1.54) is 18.1 Å². The maximum Gasteiger partial charge on any atom is 0.308 e. The Balaban J connectivity index is 1.88. The molecule has 0 saturated carbocycles. The molecule has 3 aromatic rings. The van der Waals surface area contributed by atoms with Gasteiger partial charge in [-0.25, -0.2) is 4.68 Å². The summed E-state index contributed by atoms with van der Waals surface area (Å²) in [5.74, 6) is 0.339. The van der Waals surface area contributed by atoms with E-state index in [2.05, 4.69) is 41.5 Å². The Morgan fingerprint density at radius 3 is 2.20 bits per heavy atom. The minimum Gasteiger partial charge on any atom is -0.424 e. The molecule has 0 saturated heterocycles. The van der Waals surface area contributed by atoms with Crippen LogP contribution in [0.2, 0.25) is 0 Å². The summed E-state index contributed by atoms with van der Waals surface area (Å²) < 4.78 is 7.47. The zero-order chi connectivity index (χ0) is 17.2. The van der Waals surface area contributed by atoms with E-state index >= 15 is 0 Å². The van der Waals surface area contributed by atoms with Crippen LogP contribution in [-0.2, 0) is 30.5 Å². The molecule has 1 aromatic heterocycles. The number of aromatic nitrogens is 2. The Morgan fingerprint density at radius 2 is 1.60 bits per heavy atom. The van der Waals surface area contributed by atoms with Gasteiger partial charge in [-0.3, -0.25) is 4.79 Å². The molecule has 0 amide bonds. The molecule has 0 N–H and O–H groups in total. The summed E-state index contributed by atoms with van der Waals surface area (Å²) in [6.07, 6.45) is 7.17. The van der Waals surface area contributed by atoms with Gasteiger partial charge in [0.15, 0.2) is 5.75 Å². The second-order valence-corrected chi connectivity index (χ2v) is 6.42. The van der Waals surface area contributed by atoms with Crippen LogP contribution in [0.25, 0.3) is 5.69 Å². The van der Waals surface area contributed by atoms with Crippen LogP contribution in [-0.4, -0.2) is 15.7 Å². The van der Waals surface area contributed by atoms with E-state index in [1.54, 1.807) is 6.20 Å². The molecule has 0 aliphatic heterocycles. The lowest BCUT2D eigenvalue weighted by Crippen LogP contribution is -2.12. The Bertz CT molecular complexity index is 896. The molecule has 4 nitrogen and oxygen atoms in total. The molecule has 1 heterocycles. The lowest BCUT2D eigenvalue weighted by Gasteiger charge is -2.19. The second kappa shape index (κ2) is 6.55. The highest BCUT2D eigenvalue weighted by atomic mass is 16.5. The molecule has 0 fully saturated rings. The first kappa shape index (κ1) is 15.6. The van der Waals surface area contributed by atoms with Crippen molar-refractivity contribution in [1.82, 2.24) is 9.78 Å². The van der Waals surface area contributed by atoms with E-state index in [0.29, 0.717) is 5.75 Å². The predicted octanol–water partition coefficient (Wildman–Crippen LogP) is 3.68. The van der Waals surface area contributed by atoms with Crippen LogP contribution in [0.4, 0.5) is 0 Å². The SMILES string of the molecule is CC(=O)Oc1c2ccc(c1-n1cccn1)CCc1ccc(cc1)CC2. The summed E-state index contributed by atoms with van der Waals surface area (Å²) in [7, 11) is 0. The third kappa shape index (κ3) is 3.20. The van der Waals surface area contributed by atoms with Gasteiger partial charge in [-0.05, 0) is 54.0 Å². The molecule has 4 aliphatic carbocycles. The van der Waals surface area contributed by atoms with E-state index < -0.39 is 0 Å². The maximum atomic E-state index is 11.7. The van der Waals surface area contributed by atoms with Crippen LogP contribution in [0.1, 0.15) is 29.2 Å².